The van der Waals surface area contributed by atoms with E-state index in [9.17, 15) is 0 Å². The fourth-order valence-corrected chi connectivity index (χ4v) is 1.91. The second-order valence-corrected chi connectivity index (χ2v) is 4.36. The lowest BCUT2D eigenvalue weighted by Gasteiger charge is -2.20. The first-order valence-corrected chi connectivity index (χ1v) is 6.73. The molecule has 1 rings (SSSR count). The summed E-state index contributed by atoms with van der Waals surface area (Å²) in [7, 11) is 3.33. The average Bonchev–Trinajstić information content (AvgIpc) is 2.49. The maximum Gasteiger partial charge on any atom is 0.134 e. The number of aliphatic hydroxyl groups excluding tert-OH is 1. The van der Waals surface area contributed by atoms with Gasteiger partial charge in [0.15, 0.2) is 0 Å². The highest BCUT2D eigenvalue weighted by molar-refractivity contribution is 5.48. The standard InChI is InChI=1S/C16H23NO3/c1-4-17(9-11-19-2)13-14-7-8-16(20-3)15(12-14)6-5-10-18/h7-8,12,18H,4,9-11,13H2,1-3H3. The largest absolute Gasteiger partial charge is 0.495 e. The number of benzene rings is 1. The summed E-state index contributed by atoms with van der Waals surface area (Å²) in [5.74, 6) is 6.31. The minimum atomic E-state index is -0.150. The molecule has 0 bridgehead atoms. The van der Waals surface area contributed by atoms with E-state index in [1.54, 1.807) is 14.2 Å². The van der Waals surface area contributed by atoms with E-state index >= 15 is 0 Å². The maximum absolute atomic E-state index is 8.80. The van der Waals surface area contributed by atoms with Gasteiger partial charge in [0, 0.05) is 20.2 Å². The molecule has 0 aromatic heterocycles. The van der Waals surface area contributed by atoms with Crippen molar-refractivity contribution in [3.05, 3.63) is 29.3 Å². The highest BCUT2D eigenvalue weighted by atomic mass is 16.5. The van der Waals surface area contributed by atoms with Crippen molar-refractivity contribution in [2.24, 2.45) is 0 Å². The Balaban J connectivity index is 2.84. The molecule has 0 fully saturated rings. The Morgan fingerprint density at radius 2 is 2.10 bits per heavy atom. The molecule has 0 spiro atoms. The van der Waals surface area contributed by atoms with E-state index in [1.165, 1.54) is 5.56 Å². The van der Waals surface area contributed by atoms with E-state index in [1.807, 2.05) is 18.2 Å². The van der Waals surface area contributed by atoms with Gasteiger partial charge in [0.2, 0.25) is 0 Å². The van der Waals surface area contributed by atoms with Gasteiger partial charge in [-0.05, 0) is 24.2 Å². The molecule has 1 aromatic rings. The Bertz CT molecular complexity index is 463. The van der Waals surface area contributed by atoms with Crippen LogP contribution in [0.15, 0.2) is 18.2 Å². The summed E-state index contributed by atoms with van der Waals surface area (Å²) in [6, 6.07) is 5.97. The number of ether oxygens (including phenoxy) is 2. The van der Waals surface area contributed by atoms with Gasteiger partial charge in [0.1, 0.15) is 12.4 Å². The molecule has 1 N–H and O–H groups in total. The van der Waals surface area contributed by atoms with E-state index in [2.05, 4.69) is 23.7 Å². The van der Waals surface area contributed by atoms with Crippen molar-refractivity contribution in [2.45, 2.75) is 13.5 Å². The summed E-state index contributed by atoms with van der Waals surface area (Å²) in [5.41, 5.74) is 1.98. The predicted molar refractivity (Wildman–Crippen MR) is 79.8 cm³/mol. The van der Waals surface area contributed by atoms with Gasteiger partial charge in [-0.2, -0.15) is 0 Å². The Hall–Kier alpha value is -1.54. The molecule has 1 aromatic carbocycles. The van der Waals surface area contributed by atoms with Gasteiger partial charge < -0.3 is 14.6 Å². The summed E-state index contributed by atoms with van der Waals surface area (Å²) in [5, 5.41) is 8.80. The summed E-state index contributed by atoms with van der Waals surface area (Å²) in [6.45, 7) is 5.41. The molecule has 0 saturated heterocycles. The van der Waals surface area contributed by atoms with Crippen LogP contribution in [0.25, 0.3) is 0 Å². The first kappa shape index (κ1) is 16.5. The normalized spacial score (nSPS) is 10.2. The molecule has 110 valence electrons. The van der Waals surface area contributed by atoms with Crippen LogP contribution in [-0.4, -0.2) is 50.5 Å². The lowest BCUT2D eigenvalue weighted by Crippen LogP contribution is -2.26. The van der Waals surface area contributed by atoms with Crippen LogP contribution < -0.4 is 4.74 Å². The van der Waals surface area contributed by atoms with Crippen molar-refractivity contribution < 1.29 is 14.6 Å². The Morgan fingerprint density at radius 1 is 1.30 bits per heavy atom. The van der Waals surface area contributed by atoms with Gasteiger partial charge in [0.05, 0.1) is 19.3 Å². The van der Waals surface area contributed by atoms with E-state index in [0.29, 0.717) is 0 Å². The Kier molecular flexibility index (Phi) is 7.74. The number of likely N-dealkylation sites (N-methyl/N-ethyl adjacent to an activating group) is 1. The molecule has 0 saturated carbocycles. The zero-order valence-corrected chi connectivity index (χ0v) is 12.5. The molecule has 0 radical (unpaired) electrons. The van der Waals surface area contributed by atoms with Crippen LogP contribution in [0.3, 0.4) is 0 Å². The average molecular weight is 277 g/mol. The van der Waals surface area contributed by atoms with Gasteiger partial charge >= 0.3 is 0 Å². The van der Waals surface area contributed by atoms with Crippen molar-refractivity contribution >= 4 is 0 Å². The molecule has 0 aliphatic heterocycles. The van der Waals surface area contributed by atoms with Crippen LogP contribution in [0.4, 0.5) is 0 Å². The zero-order valence-electron chi connectivity index (χ0n) is 12.5. The number of nitrogens with zero attached hydrogens (tertiary/aromatic N) is 1. The van der Waals surface area contributed by atoms with Crippen molar-refractivity contribution in [2.75, 3.05) is 40.5 Å². The number of hydrogen-bond donors (Lipinski definition) is 1. The van der Waals surface area contributed by atoms with E-state index in [0.717, 1.165) is 37.6 Å². The number of aliphatic hydroxyl groups is 1. The maximum atomic E-state index is 8.80. The summed E-state index contributed by atoms with van der Waals surface area (Å²) in [6.07, 6.45) is 0. The molecule has 0 aliphatic carbocycles. The lowest BCUT2D eigenvalue weighted by atomic mass is 10.1. The minimum absolute atomic E-state index is 0.150. The smallest absolute Gasteiger partial charge is 0.134 e. The minimum Gasteiger partial charge on any atom is -0.495 e. The predicted octanol–water partition coefficient (Wildman–Crippen LogP) is 1.51. The molecule has 0 aliphatic rings. The van der Waals surface area contributed by atoms with Crippen LogP contribution >= 0.6 is 0 Å². The quantitative estimate of drug-likeness (QED) is 0.767. The summed E-state index contributed by atoms with van der Waals surface area (Å²) >= 11 is 0. The van der Waals surface area contributed by atoms with Crippen LogP contribution in [0.1, 0.15) is 18.1 Å². The first-order valence-electron chi connectivity index (χ1n) is 6.73. The van der Waals surface area contributed by atoms with E-state index in [4.69, 9.17) is 14.6 Å². The highest BCUT2D eigenvalue weighted by Gasteiger charge is 2.06. The SMILES string of the molecule is CCN(CCOC)Cc1ccc(OC)c(C#CCO)c1. The van der Waals surface area contributed by atoms with E-state index < -0.39 is 0 Å². The molecule has 0 heterocycles. The van der Waals surface area contributed by atoms with E-state index in [-0.39, 0.29) is 6.61 Å². The number of methoxy groups -OCH3 is 2. The second kappa shape index (κ2) is 9.38. The molecule has 4 nitrogen and oxygen atoms in total. The van der Waals surface area contributed by atoms with Gasteiger partial charge in [-0.25, -0.2) is 0 Å². The molecule has 0 unspecified atom stereocenters. The van der Waals surface area contributed by atoms with Gasteiger partial charge in [-0.1, -0.05) is 24.8 Å². The second-order valence-electron chi connectivity index (χ2n) is 4.36. The van der Waals surface area contributed by atoms with Crippen molar-refractivity contribution in [1.82, 2.24) is 4.90 Å². The van der Waals surface area contributed by atoms with Gasteiger partial charge in [0.25, 0.3) is 0 Å². The third-order valence-electron chi connectivity index (χ3n) is 3.03. The van der Waals surface area contributed by atoms with Crippen LogP contribution in [0.5, 0.6) is 5.75 Å². The zero-order chi connectivity index (χ0) is 14.8. The Labute approximate surface area is 121 Å². The molecule has 0 atom stereocenters. The van der Waals surface area contributed by atoms with Crippen molar-refractivity contribution in [1.29, 1.82) is 0 Å². The monoisotopic (exact) mass is 277 g/mol. The molecule has 4 heteroatoms. The Morgan fingerprint density at radius 3 is 2.70 bits per heavy atom. The fraction of sp³-hybridized carbons (Fsp3) is 0.500. The van der Waals surface area contributed by atoms with Crippen LogP contribution in [0.2, 0.25) is 0 Å². The first-order chi connectivity index (χ1) is 9.74. The summed E-state index contributed by atoms with van der Waals surface area (Å²) in [4.78, 5) is 2.30. The van der Waals surface area contributed by atoms with Crippen LogP contribution in [0, 0.1) is 11.8 Å². The topological polar surface area (TPSA) is 41.9 Å². The van der Waals surface area contributed by atoms with Crippen molar-refractivity contribution in [3.63, 3.8) is 0 Å². The molecule has 20 heavy (non-hydrogen) atoms. The number of rotatable bonds is 7. The highest BCUT2D eigenvalue weighted by Crippen LogP contribution is 2.19. The molecular formula is C16H23NO3. The third kappa shape index (κ3) is 5.22. The fourth-order valence-electron chi connectivity index (χ4n) is 1.91. The lowest BCUT2D eigenvalue weighted by molar-refractivity contribution is 0.147. The third-order valence-corrected chi connectivity index (χ3v) is 3.03. The molecular weight excluding hydrogens is 254 g/mol. The number of hydrogen-bond acceptors (Lipinski definition) is 4. The van der Waals surface area contributed by atoms with Gasteiger partial charge in [-0.3, -0.25) is 4.90 Å². The van der Waals surface area contributed by atoms with Gasteiger partial charge in [-0.15, -0.1) is 0 Å². The molecule has 0 amide bonds. The van der Waals surface area contributed by atoms with Crippen LogP contribution in [-0.2, 0) is 11.3 Å². The van der Waals surface area contributed by atoms with Crippen molar-refractivity contribution in [3.8, 4) is 17.6 Å². The summed E-state index contributed by atoms with van der Waals surface area (Å²) < 4.78 is 10.4.